The zero-order valence-corrected chi connectivity index (χ0v) is 12.4. The smallest absolute Gasteiger partial charge is 0.338 e. The van der Waals surface area contributed by atoms with Crippen molar-refractivity contribution in [3.8, 4) is 0 Å². The van der Waals surface area contributed by atoms with Crippen LogP contribution in [0.1, 0.15) is 57.7 Å². The highest BCUT2D eigenvalue weighted by atomic mass is 35.5. The molecule has 2 rings (SSSR count). The van der Waals surface area contributed by atoms with E-state index in [4.69, 9.17) is 11.6 Å². The second-order valence-corrected chi connectivity index (χ2v) is 5.31. The number of halogens is 1. The molecule has 0 aliphatic heterocycles. The van der Waals surface area contributed by atoms with Gasteiger partial charge in [-0.1, -0.05) is 11.6 Å². The first-order valence-electron chi connectivity index (χ1n) is 6.42. The predicted octanol–water partition coefficient (Wildman–Crippen LogP) is 2.36. The molecule has 7 heteroatoms. The molecule has 0 radical (unpaired) electrons. The molecule has 1 fully saturated rings. The first kappa shape index (κ1) is 15.4. The van der Waals surface area contributed by atoms with Gasteiger partial charge >= 0.3 is 11.9 Å². The molecule has 0 atom stereocenters. The molecule has 0 amide bonds. The third kappa shape index (κ3) is 3.21. The van der Waals surface area contributed by atoms with E-state index in [9.17, 15) is 19.5 Å². The van der Waals surface area contributed by atoms with E-state index >= 15 is 0 Å². The molecule has 1 aromatic rings. The van der Waals surface area contributed by atoms with E-state index in [0.717, 1.165) is 19.8 Å². The predicted molar refractivity (Wildman–Crippen MR) is 73.9 cm³/mol. The Hall–Kier alpha value is -1.95. The number of aromatic carboxylic acids is 1. The van der Waals surface area contributed by atoms with Gasteiger partial charge in [-0.3, -0.25) is 9.59 Å². The van der Waals surface area contributed by atoms with Crippen LogP contribution in [-0.4, -0.2) is 34.4 Å². The number of ketones is 1. The van der Waals surface area contributed by atoms with Crippen molar-refractivity contribution in [2.75, 3.05) is 6.61 Å². The maximum Gasteiger partial charge on any atom is 0.338 e. The van der Waals surface area contributed by atoms with E-state index in [2.05, 4.69) is 9.72 Å². The molecular weight excluding hydrogens is 298 g/mol. The van der Waals surface area contributed by atoms with Crippen LogP contribution in [0.5, 0.6) is 0 Å². The van der Waals surface area contributed by atoms with Crippen LogP contribution in [0.4, 0.5) is 0 Å². The summed E-state index contributed by atoms with van der Waals surface area (Å²) in [6.45, 7) is 2.30. The molecule has 1 aliphatic rings. The lowest BCUT2D eigenvalue weighted by Crippen LogP contribution is -2.20. The van der Waals surface area contributed by atoms with Gasteiger partial charge in [0.05, 0.1) is 5.56 Å². The number of ether oxygens (including phenoxy) is 1. The lowest BCUT2D eigenvalue weighted by molar-refractivity contribution is -0.139. The Labute approximate surface area is 126 Å². The number of Topliss-reactive ketones (excluding diaryl/α,β-unsaturated/α-hetero) is 1. The highest BCUT2D eigenvalue weighted by Crippen LogP contribution is 2.45. The molecule has 1 saturated carbocycles. The van der Waals surface area contributed by atoms with Gasteiger partial charge in [0.25, 0.3) is 0 Å². The summed E-state index contributed by atoms with van der Waals surface area (Å²) in [6.07, 6.45) is 1.72. The summed E-state index contributed by atoms with van der Waals surface area (Å²) in [7, 11) is 0. The molecule has 1 aromatic heterocycles. The van der Waals surface area contributed by atoms with Gasteiger partial charge in [-0.15, -0.1) is 0 Å². The number of hydrogen-bond donors (Lipinski definition) is 1. The molecule has 0 aromatic carbocycles. The molecule has 0 saturated heterocycles. The summed E-state index contributed by atoms with van der Waals surface area (Å²) in [4.78, 5) is 38.3. The normalized spacial score (nSPS) is 13.9. The van der Waals surface area contributed by atoms with Crippen LogP contribution in [0.25, 0.3) is 0 Å². The zero-order chi connectivity index (χ0) is 15.7. The summed E-state index contributed by atoms with van der Waals surface area (Å²) in [5.74, 6) is -2.43. The monoisotopic (exact) mass is 311 g/mol. The van der Waals surface area contributed by atoms with Gasteiger partial charge in [-0.05, 0) is 36.8 Å². The number of carbonyl (C=O) groups is 3. The van der Waals surface area contributed by atoms with Crippen molar-refractivity contribution in [3.63, 3.8) is 0 Å². The topological polar surface area (TPSA) is 93.6 Å². The van der Waals surface area contributed by atoms with Crippen LogP contribution in [0, 0.1) is 6.92 Å². The van der Waals surface area contributed by atoms with Gasteiger partial charge in [0.15, 0.2) is 6.61 Å². The standard InChI is InChI=1S/C14H14ClNO5/c1-6-10(8-3-4-8)11(14(19)20)12(16-13(6)15)9(18)5-21-7(2)17/h8H,3-5H2,1-2H3,(H,19,20). The fourth-order valence-electron chi connectivity index (χ4n) is 2.20. The Kier molecular flexibility index (Phi) is 4.27. The maximum atomic E-state index is 12.1. The largest absolute Gasteiger partial charge is 0.478 e. The molecular formula is C14H14ClNO5. The minimum atomic E-state index is -1.23. The Morgan fingerprint density at radius 1 is 1.38 bits per heavy atom. The first-order chi connectivity index (χ1) is 9.82. The van der Waals surface area contributed by atoms with E-state index < -0.39 is 24.3 Å². The van der Waals surface area contributed by atoms with Gasteiger partial charge in [0.2, 0.25) is 5.78 Å². The highest BCUT2D eigenvalue weighted by Gasteiger charge is 2.34. The van der Waals surface area contributed by atoms with Crippen LogP contribution in [0.15, 0.2) is 0 Å². The number of carboxylic acids is 1. The maximum absolute atomic E-state index is 12.1. The molecule has 0 bridgehead atoms. The van der Waals surface area contributed by atoms with Crippen molar-refractivity contribution >= 4 is 29.3 Å². The number of pyridine rings is 1. The first-order valence-corrected chi connectivity index (χ1v) is 6.80. The fraction of sp³-hybridized carbons (Fsp3) is 0.429. The summed E-state index contributed by atoms with van der Waals surface area (Å²) >= 11 is 6.01. The van der Waals surface area contributed by atoms with Crippen molar-refractivity contribution in [1.82, 2.24) is 4.98 Å². The van der Waals surface area contributed by atoms with Crippen LogP contribution in [-0.2, 0) is 9.53 Å². The summed E-state index contributed by atoms with van der Waals surface area (Å²) < 4.78 is 4.61. The van der Waals surface area contributed by atoms with Gasteiger partial charge in [-0.2, -0.15) is 0 Å². The Morgan fingerprint density at radius 2 is 2.00 bits per heavy atom. The van der Waals surface area contributed by atoms with Crippen LogP contribution >= 0.6 is 11.6 Å². The Bertz CT molecular complexity index is 637. The van der Waals surface area contributed by atoms with E-state index in [1.807, 2.05) is 0 Å². The van der Waals surface area contributed by atoms with Gasteiger partial charge in [0.1, 0.15) is 10.8 Å². The second-order valence-electron chi connectivity index (χ2n) is 4.95. The number of rotatable bonds is 5. The minimum absolute atomic E-state index is 0.0943. The third-order valence-corrected chi connectivity index (χ3v) is 3.67. The molecule has 6 nitrogen and oxygen atoms in total. The van der Waals surface area contributed by atoms with Crippen LogP contribution in [0.2, 0.25) is 5.15 Å². The van der Waals surface area contributed by atoms with Gasteiger partial charge < -0.3 is 9.84 Å². The lowest BCUT2D eigenvalue weighted by atomic mass is 9.96. The summed E-state index contributed by atoms with van der Waals surface area (Å²) in [5.41, 5.74) is 0.770. The van der Waals surface area contributed by atoms with E-state index in [0.29, 0.717) is 11.1 Å². The van der Waals surface area contributed by atoms with Crippen molar-refractivity contribution in [3.05, 3.63) is 27.5 Å². The van der Waals surface area contributed by atoms with E-state index in [1.54, 1.807) is 6.92 Å². The molecule has 1 heterocycles. The second kappa shape index (κ2) is 5.81. The zero-order valence-electron chi connectivity index (χ0n) is 11.6. The third-order valence-electron chi connectivity index (χ3n) is 3.30. The molecule has 0 unspecified atom stereocenters. The van der Waals surface area contributed by atoms with E-state index in [-0.39, 0.29) is 22.3 Å². The van der Waals surface area contributed by atoms with Crippen molar-refractivity contribution in [2.24, 2.45) is 0 Å². The number of nitrogens with zero attached hydrogens (tertiary/aromatic N) is 1. The van der Waals surface area contributed by atoms with Crippen LogP contribution in [0.3, 0.4) is 0 Å². The fourth-order valence-corrected chi connectivity index (χ4v) is 2.39. The number of carbonyl (C=O) groups excluding carboxylic acids is 2. The number of esters is 1. The molecule has 0 spiro atoms. The summed E-state index contributed by atoms with van der Waals surface area (Å²) in [5, 5.41) is 9.53. The van der Waals surface area contributed by atoms with Crippen molar-refractivity contribution < 1.29 is 24.2 Å². The Balaban J connectivity index is 2.51. The van der Waals surface area contributed by atoms with Gasteiger partial charge in [-0.25, -0.2) is 9.78 Å². The highest BCUT2D eigenvalue weighted by molar-refractivity contribution is 6.30. The molecule has 1 N–H and O–H groups in total. The number of aromatic nitrogens is 1. The molecule has 112 valence electrons. The van der Waals surface area contributed by atoms with Crippen molar-refractivity contribution in [1.29, 1.82) is 0 Å². The summed E-state index contributed by atoms with van der Waals surface area (Å²) in [6, 6.07) is 0. The van der Waals surface area contributed by atoms with E-state index in [1.165, 1.54) is 0 Å². The van der Waals surface area contributed by atoms with Crippen LogP contribution < -0.4 is 0 Å². The minimum Gasteiger partial charge on any atom is -0.478 e. The average Bonchev–Trinajstić information content (AvgIpc) is 3.22. The average molecular weight is 312 g/mol. The van der Waals surface area contributed by atoms with Crippen molar-refractivity contribution in [2.45, 2.75) is 32.6 Å². The quantitative estimate of drug-likeness (QED) is 0.509. The Morgan fingerprint density at radius 3 is 2.48 bits per heavy atom. The lowest BCUT2D eigenvalue weighted by Gasteiger charge is -2.14. The molecule has 21 heavy (non-hydrogen) atoms. The SMILES string of the molecule is CC(=O)OCC(=O)c1nc(Cl)c(C)c(C2CC2)c1C(=O)O. The number of carboxylic acid groups (broad SMARTS) is 1. The molecule has 1 aliphatic carbocycles. The van der Waals surface area contributed by atoms with Gasteiger partial charge in [0, 0.05) is 6.92 Å². The number of hydrogen-bond acceptors (Lipinski definition) is 5.